The lowest BCUT2D eigenvalue weighted by Gasteiger charge is -2.26. The van der Waals surface area contributed by atoms with Gasteiger partial charge in [0.1, 0.15) is 11.6 Å². The molecule has 1 amide bonds. The number of rotatable bonds is 5. The third kappa shape index (κ3) is 4.65. The fourth-order valence-corrected chi connectivity index (χ4v) is 4.28. The first-order valence-electron chi connectivity index (χ1n) is 11.4. The van der Waals surface area contributed by atoms with Gasteiger partial charge in [0.25, 0.3) is 11.7 Å². The molecule has 4 nitrogen and oxygen atoms in total. The van der Waals surface area contributed by atoms with Crippen LogP contribution in [-0.2, 0) is 21.4 Å². The van der Waals surface area contributed by atoms with E-state index in [1.54, 1.807) is 0 Å². The number of Topliss-reactive ketones (excluding diaryl/α,β-unsaturated/α-hetero) is 1. The van der Waals surface area contributed by atoms with Crippen LogP contribution in [0, 0.1) is 5.82 Å². The smallest absolute Gasteiger partial charge is 0.295 e. The molecule has 0 spiro atoms. The molecule has 174 valence electrons. The zero-order valence-corrected chi connectivity index (χ0v) is 19.6. The van der Waals surface area contributed by atoms with Crippen LogP contribution in [0.25, 0.3) is 5.76 Å². The highest BCUT2D eigenvalue weighted by Crippen LogP contribution is 2.40. The van der Waals surface area contributed by atoms with Crippen LogP contribution in [0.2, 0.25) is 0 Å². The molecule has 4 rings (SSSR count). The van der Waals surface area contributed by atoms with Crippen molar-refractivity contribution in [2.45, 2.75) is 38.6 Å². The number of hydrogen-bond acceptors (Lipinski definition) is 3. The van der Waals surface area contributed by atoms with E-state index in [9.17, 15) is 19.1 Å². The number of halogens is 1. The normalized spacial score (nSPS) is 17.9. The molecule has 1 aliphatic rings. The van der Waals surface area contributed by atoms with Gasteiger partial charge in [0, 0.05) is 12.1 Å². The molecule has 0 radical (unpaired) electrons. The molecule has 0 saturated carbocycles. The van der Waals surface area contributed by atoms with Crippen molar-refractivity contribution in [3.05, 3.63) is 113 Å². The Hall–Kier alpha value is -3.73. The zero-order chi connectivity index (χ0) is 24.5. The van der Waals surface area contributed by atoms with Crippen molar-refractivity contribution in [1.29, 1.82) is 0 Å². The highest BCUT2D eigenvalue weighted by Gasteiger charge is 2.45. The quantitative estimate of drug-likeness (QED) is 0.300. The molecule has 3 aromatic rings. The van der Waals surface area contributed by atoms with Gasteiger partial charge in [-0.05, 0) is 52.8 Å². The third-order valence-corrected chi connectivity index (χ3v) is 6.23. The van der Waals surface area contributed by atoms with Crippen molar-refractivity contribution in [2.24, 2.45) is 0 Å². The van der Waals surface area contributed by atoms with E-state index in [-0.39, 0.29) is 16.7 Å². The molecule has 1 aliphatic heterocycles. The number of nitrogens with zero attached hydrogens (tertiary/aromatic N) is 1. The van der Waals surface area contributed by atoms with Gasteiger partial charge >= 0.3 is 0 Å². The molecule has 0 aliphatic carbocycles. The number of aliphatic hydroxyl groups is 1. The number of likely N-dealkylation sites (tertiary alicyclic amines) is 1. The fraction of sp³-hybridized carbons (Fsp3) is 0.241. The predicted molar refractivity (Wildman–Crippen MR) is 131 cm³/mol. The molecule has 1 fully saturated rings. The average molecular weight is 458 g/mol. The van der Waals surface area contributed by atoms with E-state index < -0.39 is 23.5 Å². The molecule has 3 aromatic carbocycles. The van der Waals surface area contributed by atoms with E-state index in [2.05, 4.69) is 20.8 Å². The summed E-state index contributed by atoms with van der Waals surface area (Å²) in [5, 5.41) is 11.1. The summed E-state index contributed by atoms with van der Waals surface area (Å²) in [6, 6.07) is 22.0. The van der Waals surface area contributed by atoms with Gasteiger partial charge in [-0.2, -0.15) is 0 Å². The second-order valence-corrected chi connectivity index (χ2v) is 9.61. The lowest BCUT2D eigenvalue weighted by atomic mass is 9.85. The van der Waals surface area contributed by atoms with Crippen LogP contribution >= 0.6 is 0 Å². The van der Waals surface area contributed by atoms with Crippen LogP contribution in [0.5, 0.6) is 0 Å². The second kappa shape index (κ2) is 9.26. The summed E-state index contributed by atoms with van der Waals surface area (Å²) in [5.41, 5.74) is 3.17. The molecule has 1 atom stereocenters. The number of ketones is 1. The molecular formula is C29H28FNO3. The number of aliphatic hydroxyl groups excluding tert-OH is 1. The summed E-state index contributed by atoms with van der Waals surface area (Å²) in [6.45, 7) is 6.66. The van der Waals surface area contributed by atoms with Gasteiger partial charge in [-0.25, -0.2) is 4.39 Å². The van der Waals surface area contributed by atoms with Crippen LogP contribution in [0.4, 0.5) is 4.39 Å². The summed E-state index contributed by atoms with van der Waals surface area (Å²) in [6.07, 6.45) is 0.570. The van der Waals surface area contributed by atoms with Crippen LogP contribution in [0.3, 0.4) is 0 Å². The largest absolute Gasteiger partial charge is 0.507 e. The third-order valence-electron chi connectivity index (χ3n) is 6.23. The first-order chi connectivity index (χ1) is 16.2. The Labute approximate surface area is 199 Å². The fourth-order valence-electron chi connectivity index (χ4n) is 4.28. The van der Waals surface area contributed by atoms with Crippen molar-refractivity contribution >= 4 is 17.4 Å². The van der Waals surface area contributed by atoms with Gasteiger partial charge in [0.15, 0.2) is 0 Å². The van der Waals surface area contributed by atoms with Crippen LogP contribution in [-0.4, -0.2) is 28.2 Å². The second-order valence-electron chi connectivity index (χ2n) is 9.61. The molecule has 1 N–H and O–H groups in total. The molecule has 5 heteroatoms. The van der Waals surface area contributed by atoms with Crippen LogP contribution in [0.1, 0.15) is 49.1 Å². The van der Waals surface area contributed by atoms with Crippen molar-refractivity contribution in [1.82, 2.24) is 4.90 Å². The minimum atomic E-state index is -0.736. The summed E-state index contributed by atoms with van der Waals surface area (Å²) >= 11 is 0. The Morgan fingerprint density at radius 2 is 1.53 bits per heavy atom. The highest BCUT2D eigenvalue weighted by molar-refractivity contribution is 6.46. The topological polar surface area (TPSA) is 57.6 Å². The minimum absolute atomic E-state index is 0.0215. The number of carbonyl (C=O) groups excluding carboxylic acids is 2. The Kier molecular flexibility index (Phi) is 6.38. The monoisotopic (exact) mass is 457 g/mol. The van der Waals surface area contributed by atoms with E-state index in [1.807, 2.05) is 54.6 Å². The predicted octanol–water partition coefficient (Wildman–Crippen LogP) is 5.79. The Balaban J connectivity index is 1.79. The molecule has 1 heterocycles. The van der Waals surface area contributed by atoms with Gasteiger partial charge < -0.3 is 10.0 Å². The number of hydrogen-bond donors (Lipinski definition) is 1. The van der Waals surface area contributed by atoms with E-state index in [0.29, 0.717) is 18.5 Å². The van der Waals surface area contributed by atoms with Crippen molar-refractivity contribution in [3.63, 3.8) is 0 Å². The van der Waals surface area contributed by atoms with E-state index in [0.717, 1.165) is 16.7 Å². The Morgan fingerprint density at radius 3 is 2.12 bits per heavy atom. The lowest BCUT2D eigenvalue weighted by molar-refractivity contribution is -0.139. The van der Waals surface area contributed by atoms with Crippen LogP contribution < -0.4 is 0 Å². The zero-order valence-electron chi connectivity index (χ0n) is 19.6. The van der Waals surface area contributed by atoms with E-state index in [4.69, 9.17) is 0 Å². The first-order valence-corrected chi connectivity index (χ1v) is 11.4. The maximum atomic E-state index is 13.4. The van der Waals surface area contributed by atoms with Gasteiger partial charge in [-0.3, -0.25) is 9.59 Å². The molecule has 1 saturated heterocycles. The molecule has 1 unspecified atom stereocenters. The Bertz CT molecular complexity index is 1220. The van der Waals surface area contributed by atoms with E-state index >= 15 is 0 Å². The van der Waals surface area contributed by atoms with Gasteiger partial charge in [0.2, 0.25) is 0 Å². The average Bonchev–Trinajstić information content (AvgIpc) is 3.08. The van der Waals surface area contributed by atoms with Crippen molar-refractivity contribution < 1.29 is 19.1 Å². The van der Waals surface area contributed by atoms with Gasteiger partial charge in [-0.15, -0.1) is 0 Å². The number of benzene rings is 3. The minimum Gasteiger partial charge on any atom is -0.507 e. The van der Waals surface area contributed by atoms with Gasteiger partial charge in [-0.1, -0.05) is 75.4 Å². The Morgan fingerprint density at radius 1 is 0.912 bits per heavy atom. The summed E-state index contributed by atoms with van der Waals surface area (Å²) in [5.74, 6) is -2.14. The van der Waals surface area contributed by atoms with Crippen molar-refractivity contribution in [2.75, 3.05) is 6.54 Å². The van der Waals surface area contributed by atoms with Crippen molar-refractivity contribution in [3.8, 4) is 0 Å². The molecule has 34 heavy (non-hydrogen) atoms. The first kappa shape index (κ1) is 23.4. The maximum absolute atomic E-state index is 13.4. The number of carbonyl (C=O) groups is 2. The van der Waals surface area contributed by atoms with Crippen LogP contribution in [0.15, 0.2) is 84.4 Å². The number of amides is 1. The molecular weight excluding hydrogens is 429 g/mol. The summed E-state index contributed by atoms with van der Waals surface area (Å²) in [4.78, 5) is 27.8. The summed E-state index contributed by atoms with van der Waals surface area (Å²) < 4.78 is 13.4. The SMILES string of the molecule is CC(C)(C)c1ccc(C2C(=C(O)c3ccc(F)cc3)C(=O)C(=O)N2CCc2ccccc2)cc1. The van der Waals surface area contributed by atoms with Gasteiger partial charge in [0.05, 0.1) is 11.6 Å². The lowest BCUT2D eigenvalue weighted by Crippen LogP contribution is -2.31. The maximum Gasteiger partial charge on any atom is 0.295 e. The van der Waals surface area contributed by atoms with E-state index in [1.165, 1.54) is 29.2 Å². The molecule has 0 bridgehead atoms. The summed E-state index contributed by atoms with van der Waals surface area (Å²) in [7, 11) is 0. The highest BCUT2D eigenvalue weighted by atomic mass is 19.1. The standard InChI is InChI=1S/C29H28FNO3/c1-29(2,3)22-13-9-20(10-14-22)25-24(26(32)21-11-15-23(30)16-12-21)27(33)28(34)31(25)18-17-19-7-5-4-6-8-19/h4-16,25,32H,17-18H2,1-3H3. The molecule has 0 aromatic heterocycles.